The normalized spacial score (nSPS) is 13.7. The van der Waals surface area contributed by atoms with Crippen LogP contribution >= 0.6 is 0 Å². The number of benzene rings is 3. The van der Waals surface area contributed by atoms with Crippen LogP contribution in [-0.4, -0.2) is 8.42 Å². The van der Waals surface area contributed by atoms with E-state index in [1.54, 1.807) is 12.1 Å². The minimum Gasteiger partial charge on any atom is -0.207 e. The Bertz CT molecular complexity index is 989. The molecular weight excluding hydrogens is 342 g/mol. The lowest BCUT2D eigenvalue weighted by atomic mass is 9.86. The Hall–Kier alpha value is -2.17. The molecule has 0 radical (unpaired) electrons. The minimum atomic E-state index is -3.62. The number of hydrogen-bond donors (Lipinski definition) is 1. The molecule has 4 heteroatoms. The van der Waals surface area contributed by atoms with E-state index in [9.17, 15) is 8.42 Å². The minimum absolute atomic E-state index is 0.00753. The van der Waals surface area contributed by atoms with Crippen molar-refractivity contribution < 1.29 is 8.42 Å². The largest absolute Gasteiger partial charge is 0.241 e. The first kappa shape index (κ1) is 18.6. The Kier molecular flexibility index (Phi) is 5.17. The van der Waals surface area contributed by atoms with Gasteiger partial charge in [-0.15, -0.1) is 0 Å². The second kappa shape index (κ2) is 7.22. The molecule has 26 heavy (non-hydrogen) atoms. The monoisotopic (exact) mass is 367 g/mol. The van der Waals surface area contributed by atoms with E-state index in [2.05, 4.69) is 25.5 Å². The molecule has 0 saturated heterocycles. The molecule has 136 valence electrons. The molecule has 0 saturated carbocycles. The summed E-state index contributed by atoms with van der Waals surface area (Å²) in [7, 11) is -3.62. The molecule has 0 aliphatic heterocycles. The van der Waals surface area contributed by atoms with E-state index in [4.69, 9.17) is 0 Å². The smallest absolute Gasteiger partial charge is 0.207 e. The fourth-order valence-electron chi connectivity index (χ4n) is 3.12. The molecule has 1 N–H and O–H groups in total. The molecule has 0 heterocycles. The van der Waals surface area contributed by atoms with E-state index in [-0.39, 0.29) is 11.5 Å². The first-order valence-electron chi connectivity index (χ1n) is 8.81. The molecule has 0 aliphatic carbocycles. The molecule has 3 rings (SSSR count). The zero-order valence-electron chi connectivity index (χ0n) is 15.4. The van der Waals surface area contributed by atoms with Crippen molar-refractivity contribution in [3.63, 3.8) is 0 Å². The van der Waals surface area contributed by atoms with Crippen molar-refractivity contribution in [2.24, 2.45) is 5.41 Å². The maximum Gasteiger partial charge on any atom is 0.241 e. The molecule has 0 aliphatic rings. The average molecular weight is 368 g/mol. The van der Waals surface area contributed by atoms with Gasteiger partial charge in [-0.25, -0.2) is 13.1 Å². The second-order valence-corrected chi connectivity index (χ2v) is 9.57. The molecule has 3 aromatic rings. The first-order chi connectivity index (χ1) is 12.2. The Labute approximate surface area is 156 Å². The van der Waals surface area contributed by atoms with Crippen LogP contribution in [0.25, 0.3) is 10.8 Å². The van der Waals surface area contributed by atoms with Crippen LogP contribution in [0.15, 0.2) is 77.7 Å². The van der Waals surface area contributed by atoms with Gasteiger partial charge in [-0.05, 0) is 40.3 Å². The van der Waals surface area contributed by atoms with E-state index >= 15 is 0 Å². The zero-order valence-corrected chi connectivity index (χ0v) is 16.3. The number of sulfonamides is 1. The number of nitrogens with one attached hydrogen (secondary N) is 1. The van der Waals surface area contributed by atoms with Gasteiger partial charge in [0.05, 0.1) is 4.90 Å². The number of rotatable bonds is 5. The van der Waals surface area contributed by atoms with Crippen molar-refractivity contribution in [3.05, 3.63) is 78.4 Å². The zero-order chi connectivity index (χ0) is 18.8. The van der Waals surface area contributed by atoms with Crippen LogP contribution in [0, 0.1) is 5.41 Å². The Balaban J connectivity index is 1.95. The molecule has 0 bridgehead atoms. The summed E-state index contributed by atoms with van der Waals surface area (Å²) in [6.45, 7) is 6.35. The fourth-order valence-corrected chi connectivity index (χ4v) is 4.37. The molecule has 1 atom stereocenters. The van der Waals surface area contributed by atoms with Gasteiger partial charge in [0.2, 0.25) is 10.0 Å². The Morgan fingerprint density at radius 2 is 1.46 bits per heavy atom. The number of fused-ring (bicyclic) bond motifs is 1. The van der Waals surface area contributed by atoms with Crippen molar-refractivity contribution in [2.45, 2.75) is 38.1 Å². The third kappa shape index (κ3) is 4.51. The van der Waals surface area contributed by atoms with Crippen LogP contribution < -0.4 is 4.72 Å². The predicted octanol–water partition coefficient (Wildman–Crippen LogP) is 5.30. The standard InChI is InChI=1S/C22H25NO2S/c1-22(2,3)16-21(18-10-5-4-6-11-18)23-26(24,25)20-14-13-17-9-7-8-12-19(17)15-20/h4-15,21,23H,16H2,1-3H3. The highest BCUT2D eigenvalue weighted by atomic mass is 32.2. The van der Waals surface area contributed by atoms with Crippen LogP contribution in [0.4, 0.5) is 0 Å². The molecule has 3 aromatic carbocycles. The maximum absolute atomic E-state index is 13.0. The van der Waals surface area contributed by atoms with E-state index in [0.29, 0.717) is 11.3 Å². The third-order valence-corrected chi connectivity index (χ3v) is 5.82. The lowest BCUT2D eigenvalue weighted by Gasteiger charge is -2.27. The molecule has 0 spiro atoms. The topological polar surface area (TPSA) is 46.2 Å². The summed E-state index contributed by atoms with van der Waals surface area (Å²) in [6.07, 6.45) is 0.712. The van der Waals surface area contributed by atoms with Crippen LogP contribution in [0.5, 0.6) is 0 Å². The number of hydrogen-bond acceptors (Lipinski definition) is 2. The van der Waals surface area contributed by atoms with Crippen molar-refractivity contribution in [3.8, 4) is 0 Å². The van der Waals surface area contributed by atoms with E-state index in [0.717, 1.165) is 16.3 Å². The molecule has 3 nitrogen and oxygen atoms in total. The summed E-state index contributed by atoms with van der Waals surface area (Å²) in [5.74, 6) is 0. The summed E-state index contributed by atoms with van der Waals surface area (Å²) >= 11 is 0. The van der Waals surface area contributed by atoms with Gasteiger partial charge >= 0.3 is 0 Å². The van der Waals surface area contributed by atoms with Gasteiger partial charge in [0.15, 0.2) is 0 Å². The van der Waals surface area contributed by atoms with E-state index in [1.807, 2.05) is 60.7 Å². The second-order valence-electron chi connectivity index (χ2n) is 7.86. The van der Waals surface area contributed by atoms with Crippen molar-refractivity contribution >= 4 is 20.8 Å². The summed E-state index contributed by atoms with van der Waals surface area (Å²) in [6, 6.07) is 22.5. The summed E-state index contributed by atoms with van der Waals surface area (Å²) in [5, 5.41) is 1.95. The van der Waals surface area contributed by atoms with Crippen molar-refractivity contribution in [1.82, 2.24) is 4.72 Å². The van der Waals surface area contributed by atoms with Gasteiger partial charge in [0.25, 0.3) is 0 Å². The van der Waals surface area contributed by atoms with Gasteiger partial charge in [0, 0.05) is 6.04 Å². The predicted molar refractivity (Wildman–Crippen MR) is 108 cm³/mol. The molecule has 1 unspecified atom stereocenters. The molecule has 0 fully saturated rings. The third-order valence-electron chi connectivity index (χ3n) is 4.35. The van der Waals surface area contributed by atoms with Gasteiger partial charge in [-0.3, -0.25) is 0 Å². The van der Waals surface area contributed by atoms with Crippen LogP contribution in [0.3, 0.4) is 0 Å². The van der Waals surface area contributed by atoms with Crippen LogP contribution in [0.2, 0.25) is 0 Å². The highest BCUT2D eigenvalue weighted by Gasteiger charge is 2.26. The van der Waals surface area contributed by atoms with Gasteiger partial charge in [-0.2, -0.15) is 0 Å². The molecule has 0 aromatic heterocycles. The summed E-state index contributed by atoms with van der Waals surface area (Å²) in [5.41, 5.74) is 0.971. The molecular formula is C22H25NO2S. The molecule has 0 amide bonds. The van der Waals surface area contributed by atoms with E-state index < -0.39 is 10.0 Å². The van der Waals surface area contributed by atoms with Crippen molar-refractivity contribution in [2.75, 3.05) is 0 Å². The van der Waals surface area contributed by atoms with E-state index in [1.165, 1.54) is 0 Å². The lowest BCUT2D eigenvalue weighted by molar-refractivity contribution is 0.331. The van der Waals surface area contributed by atoms with Gasteiger partial charge in [-0.1, -0.05) is 81.4 Å². The quantitative estimate of drug-likeness (QED) is 0.665. The SMILES string of the molecule is CC(C)(C)CC(NS(=O)(=O)c1ccc2ccccc2c1)c1ccccc1. The summed E-state index contributed by atoms with van der Waals surface area (Å²) < 4.78 is 29.0. The summed E-state index contributed by atoms with van der Waals surface area (Å²) in [4.78, 5) is 0.297. The van der Waals surface area contributed by atoms with Gasteiger partial charge in [0.1, 0.15) is 0 Å². The Morgan fingerprint density at radius 1 is 0.846 bits per heavy atom. The lowest BCUT2D eigenvalue weighted by Crippen LogP contribution is -2.31. The van der Waals surface area contributed by atoms with Gasteiger partial charge < -0.3 is 0 Å². The highest BCUT2D eigenvalue weighted by Crippen LogP contribution is 2.31. The Morgan fingerprint density at radius 3 is 2.12 bits per heavy atom. The highest BCUT2D eigenvalue weighted by molar-refractivity contribution is 7.89. The first-order valence-corrected chi connectivity index (χ1v) is 10.3. The maximum atomic E-state index is 13.0. The average Bonchev–Trinajstić information content (AvgIpc) is 2.60. The van der Waals surface area contributed by atoms with Crippen LogP contribution in [-0.2, 0) is 10.0 Å². The van der Waals surface area contributed by atoms with Crippen molar-refractivity contribution in [1.29, 1.82) is 0 Å². The fraction of sp³-hybridized carbons (Fsp3) is 0.273. The van der Waals surface area contributed by atoms with Crippen LogP contribution in [0.1, 0.15) is 38.8 Å².